The molecule has 3 N–H and O–H groups in total. The van der Waals surface area contributed by atoms with Crippen LogP contribution in [-0.4, -0.2) is 41.3 Å². The van der Waals surface area contributed by atoms with Gasteiger partial charge in [-0.25, -0.2) is 4.79 Å². The van der Waals surface area contributed by atoms with Crippen LogP contribution in [0.3, 0.4) is 0 Å². The smallest absolute Gasteiger partial charge is 0.407 e. The maximum atomic E-state index is 13.0. The van der Waals surface area contributed by atoms with Crippen molar-refractivity contribution in [1.82, 2.24) is 10.6 Å². The number of nitrogens with one attached hydrogen (secondary N) is 2. The van der Waals surface area contributed by atoms with Gasteiger partial charge in [0.1, 0.15) is 6.61 Å². The van der Waals surface area contributed by atoms with E-state index in [-0.39, 0.29) is 36.8 Å². The van der Waals surface area contributed by atoms with E-state index in [1.54, 1.807) is 0 Å². The van der Waals surface area contributed by atoms with Crippen LogP contribution in [0.5, 0.6) is 0 Å². The molecule has 3 atom stereocenters. The number of carboxylic acid groups (broad SMARTS) is 1. The van der Waals surface area contributed by atoms with Crippen LogP contribution >= 0.6 is 0 Å². The summed E-state index contributed by atoms with van der Waals surface area (Å²) in [6, 6.07) is 16.4. The van der Waals surface area contributed by atoms with Gasteiger partial charge in [0.15, 0.2) is 0 Å². The van der Waals surface area contributed by atoms with Crippen LogP contribution in [-0.2, 0) is 14.3 Å². The van der Waals surface area contributed by atoms with E-state index in [1.807, 2.05) is 38.1 Å². The first-order valence-corrected chi connectivity index (χ1v) is 12.3. The summed E-state index contributed by atoms with van der Waals surface area (Å²) in [6.07, 6.45) is 2.09. The van der Waals surface area contributed by atoms with Gasteiger partial charge in [-0.2, -0.15) is 0 Å². The summed E-state index contributed by atoms with van der Waals surface area (Å²) in [5.74, 6) is -0.648. The van der Waals surface area contributed by atoms with Gasteiger partial charge in [-0.1, -0.05) is 48.5 Å². The zero-order chi connectivity index (χ0) is 24.8. The summed E-state index contributed by atoms with van der Waals surface area (Å²) in [5.41, 5.74) is 3.67. The number of carbonyl (C=O) groups excluding carboxylic acids is 2. The molecule has 3 aliphatic rings. The van der Waals surface area contributed by atoms with Gasteiger partial charge in [-0.3, -0.25) is 9.59 Å². The van der Waals surface area contributed by atoms with Crippen molar-refractivity contribution < 1.29 is 24.2 Å². The van der Waals surface area contributed by atoms with Gasteiger partial charge >= 0.3 is 12.1 Å². The van der Waals surface area contributed by atoms with Crippen molar-refractivity contribution >= 4 is 18.0 Å². The Morgan fingerprint density at radius 2 is 1.66 bits per heavy atom. The Labute approximate surface area is 205 Å². The van der Waals surface area contributed by atoms with E-state index >= 15 is 0 Å². The molecule has 7 heteroatoms. The highest BCUT2D eigenvalue weighted by atomic mass is 16.5. The summed E-state index contributed by atoms with van der Waals surface area (Å²) in [7, 11) is 0. The summed E-state index contributed by atoms with van der Waals surface area (Å²) >= 11 is 0. The molecule has 0 unspecified atom stereocenters. The monoisotopic (exact) mass is 476 g/mol. The van der Waals surface area contributed by atoms with Crippen LogP contribution in [0.1, 0.15) is 63.0 Å². The Morgan fingerprint density at radius 3 is 2.29 bits per heavy atom. The molecular formula is C28H32N2O5. The highest BCUT2D eigenvalue weighted by molar-refractivity contribution is 5.87. The SMILES string of the molecule is CC(C)(CCC(=O)O)NC(=O)[C@]12C[C@H](NC(=O)OCC3c4ccccc4-c4ccccc43)C[C@H]1C2. The average Bonchev–Trinajstić information content (AvgIpc) is 3.25. The molecular weight excluding hydrogens is 444 g/mol. The number of benzene rings is 2. The Morgan fingerprint density at radius 1 is 1.03 bits per heavy atom. The third kappa shape index (κ3) is 4.51. The third-order valence-corrected chi connectivity index (χ3v) is 7.95. The predicted octanol–water partition coefficient (Wildman–Crippen LogP) is 4.45. The van der Waals surface area contributed by atoms with Crippen molar-refractivity contribution in [2.45, 2.75) is 63.5 Å². The van der Waals surface area contributed by atoms with Gasteiger partial charge < -0.3 is 20.5 Å². The molecule has 0 aliphatic heterocycles. The highest BCUT2D eigenvalue weighted by Gasteiger charge is 2.65. The number of hydrogen-bond donors (Lipinski definition) is 3. The first-order chi connectivity index (χ1) is 16.7. The van der Waals surface area contributed by atoms with Crippen LogP contribution in [0.4, 0.5) is 4.79 Å². The van der Waals surface area contributed by atoms with Crippen molar-refractivity contribution in [2.24, 2.45) is 11.3 Å². The molecule has 0 saturated heterocycles. The van der Waals surface area contributed by atoms with E-state index in [0.717, 1.165) is 12.8 Å². The minimum atomic E-state index is -0.872. The lowest BCUT2D eigenvalue weighted by atomic mass is 9.94. The number of fused-ring (bicyclic) bond motifs is 4. The van der Waals surface area contributed by atoms with Crippen molar-refractivity contribution in [1.29, 1.82) is 0 Å². The summed E-state index contributed by atoms with van der Waals surface area (Å²) < 4.78 is 5.67. The number of ether oxygens (including phenoxy) is 1. The molecule has 0 heterocycles. The molecule has 0 aromatic heterocycles. The number of carboxylic acids is 1. The van der Waals surface area contributed by atoms with Crippen LogP contribution < -0.4 is 10.6 Å². The quantitative estimate of drug-likeness (QED) is 0.522. The zero-order valence-electron chi connectivity index (χ0n) is 20.2. The average molecular weight is 477 g/mol. The molecule has 0 bridgehead atoms. The van der Waals surface area contributed by atoms with E-state index < -0.39 is 23.0 Å². The lowest BCUT2D eigenvalue weighted by Crippen LogP contribution is -2.47. The molecule has 2 amide bonds. The minimum absolute atomic E-state index is 0.00952. The van der Waals surface area contributed by atoms with Gasteiger partial charge in [-0.15, -0.1) is 0 Å². The normalized spacial score (nSPS) is 24.2. The van der Waals surface area contributed by atoms with Gasteiger partial charge in [0, 0.05) is 23.9 Å². The van der Waals surface area contributed by atoms with Crippen molar-refractivity contribution in [2.75, 3.05) is 6.61 Å². The Balaban J connectivity index is 1.15. The molecule has 5 rings (SSSR count). The van der Waals surface area contributed by atoms with Crippen LogP contribution in [0, 0.1) is 11.3 Å². The highest BCUT2D eigenvalue weighted by Crippen LogP contribution is 2.63. The molecule has 184 valence electrons. The largest absolute Gasteiger partial charge is 0.481 e. The van der Waals surface area contributed by atoms with Gasteiger partial charge in [0.05, 0.1) is 5.41 Å². The molecule has 3 aliphatic carbocycles. The number of carbonyl (C=O) groups is 3. The fourth-order valence-corrected chi connectivity index (χ4v) is 6.01. The van der Waals surface area contributed by atoms with Gasteiger partial charge in [-0.05, 0) is 67.7 Å². The molecule has 0 spiro atoms. The Bertz CT molecular complexity index is 1130. The number of amides is 2. The van der Waals surface area contributed by atoms with E-state index in [0.29, 0.717) is 12.8 Å². The molecule has 2 fully saturated rings. The Kier molecular flexibility index (Phi) is 5.82. The first kappa shape index (κ1) is 23.4. The second-order valence-corrected chi connectivity index (χ2v) is 10.9. The lowest BCUT2D eigenvalue weighted by Gasteiger charge is -2.28. The fraction of sp³-hybridized carbons (Fsp3) is 0.464. The van der Waals surface area contributed by atoms with Gasteiger partial charge in [0.25, 0.3) is 0 Å². The van der Waals surface area contributed by atoms with E-state index in [4.69, 9.17) is 9.84 Å². The fourth-order valence-electron chi connectivity index (χ4n) is 6.01. The molecule has 2 saturated carbocycles. The van der Waals surface area contributed by atoms with Crippen LogP contribution in [0.25, 0.3) is 11.1 Å². The topological polar surface area (TPSA) is 105 Å². The number of aliphatic carboxylic acids is 1. The third-order valence-electron chi connectivity index (χ3n) is 7.95. The Hall–Kier alpha value is -3.35. The zero-order valence-corrected chi connectivity index (χ0v) is 20.2. The van der Waals surface area contributed by atoms with Crippen LogP contribution in [0.15, 0.2) is 48.5 Å². The molecule has 2 aromatic carbocycles. The minimum Gasteiger partial charge on any atom is -0.481 e. The predicted molar refractivity (Wildman–Crippen MR) is 131 cm³/mol. The second kappa shape index (κ2) is 8.70. The lowest BCUT2D eigenvalue weighted by molar-refractivity contribution is -0.138. The van der Waals surface area contributed by atoms with Crippen molar-refractivity contribution in [3.63, 3.8) is 0 Å². The molecule has 0 radical (unpaired) electrons. The van der Waals surface area contributed by atoms with Crippen LogP contribution in [0.2, 0.25) is 0 Å². The number of rotatable bonds is 8. The van der Waals surface area contributed by atoms with E-state index in [1.165, 1.54) is 22.3 Å². The second-order valence-electron chi connectivity index (χ2n) is 10.9. The maximum Gasteiger partial charge on any atom is 0.407 e. The van der Waals surface area contributed by atoms with Crippen molar-refractivity contribution in [3.8, 4) is 11.1 Å². The summed E-state index contributed by atoms with van der Waals surface area (Å²) in [4.78, 5) is 36.6. The van der Waals surface area contributed by atoms with E-state index in [2.05, 4.69) is 34.9 Å². The maximum absolute atomic E-state index is 13.0. The standard InChI is InChI=1S/C28H32N2O5/c1-27(2,12-11-24(31)32)30-25(33)28-14-17(28)13-18(15-28)29-26(34)35-16-23-21-9-5-3-7-19(21)20-8-4-6-10-22(20)23/h3-10,17-18,23H,11-16H2,1-2H3,(H,29,34)(H,30,33)(H,31,32)/t17-,18+,28+/m0/s1. The molecule has 7 nitrogen and oxygen atoms in total. The first-order valence-electron chi connectivity index (χ1n) is 12.3. The number of hydrogen-bond acceptors (Lipinski definition) is 4. The number of alkyl carbamates (subject to hydrolysis) is 1. The van der Waals surface area contributed by atoms with E-state index in [9.17, 15) is 14.4 Å². The summed E-state index contributed by atoms with van der Waals surface area (Å²) in [6.45, 7) is 3.96. The van der Waals surface area contributed by atoms with Gasteiger partial charge in [0.2, 0.25) is 5.91 Å². The molecule has 2 aromatic rings. The molecule has 35 heavy (non-hydrogen) atoms. The van der Waals surface area contributed by atoms with Crippen molar-refractivity contribution in [3.05, 3.63) is 59.7 Å². The summed E-state index contributed by atoms with van der Waals surface area (Å²) in [5, 5.41) is 15.0.